The van der Waals surface area contributed by atoms with Crippen molar-refractivity contribution in [1.82, 2.24) is 5.32 Å². The molecule has 1 aliphatic carbocycles. The highest BCUT2D eigenvalue weighted by Gasteiger charge is 2.20. The molecule has 1 fully saturated rings. The predicted octanol–water partition coefficient (Wildman–Crippen LogP) is 4.88. The van der Waals surface area contributed by atoms with Crippen LogP contribution in [0.2, 0.25) is 0 Å². The van der Waals surface area contributed by atoms with Gasteiger partial charge in [0.25, 0.3) is 0 Å². The van der Waals surface area contributed by atoms with Crippen LogP contribution in [0.3, 0.4) is 0 Å². The van der Waals surface area contributed by atoms with Gasteiger partial charge >= 0.3 is 0 Å². The van der Waals surface area contributed by atoms with Crippen molar-refractivity contribution in [2.45, 2.75) is 45.2 Å². The monoisotopic (exact) mass is 359 g/mol. The third-order valence-electron chi connectivity index (χ3n) is 3.72. The zero-order valence-electron chi connectivity index (χ0n) is 10.2. The van der Waals surface area contributed by atoms with Gasteiger partial charge in [-0.1, -0.05) is 18.9 Å². The summed E-state index contributed by atoms with van der Waals surface area (Å²) in [7, 11) is 0. The van der Waals surface area contributed by atoms with Crippen LogP contribution in [0.15, 0.2) is 27.1 Å². The SMILES string of the molecule is CC(NCc1ccc(Br)c(Br)c1)C1CCCC1. The largest absolute Gasteiger partial charge is 0.310 e. The van der Waals surface area contributed by atoms with Crippen LogP contribution < -0.4 is 5.32 Å². The van der Waals surface area contributed by atoms with Crippen LogP contribution in [0.4, 0.5) is 0 Å². The van der Waals surface area contributed by atoms with Gasteiger partial charge in [-0.2, -0.15) is 0 Å². The van der Waals surface area contributed by atoms with Crippen molar-refractivity contribution in [2.24, 2.45) is 5.92 Å². The summed E-state index contributed by atoms with van der Waals surface area (Å²) < 4.78 is 2.25. The molecule has 1 aromatic rings. The zero-order valence-corrected chi connectivity index (χ0v) is 13.4. The summed E-state index contributed by atoms with van der Waals surface area (Å²) in [6, 6.07) is 7.09. The number of hydrogen-bond donors (Lipinski definition) is 1. The van der Waals surface area contributed by atoms with E-state index in [9.17, 15) is 0 Å². The van der Waals surface area contributed by atoms with Crippen molar-refractivity contribution in [3.05, 3.63) is 32.7 Å². The smallest absolute Gasteiger partial charge is 0.0320 e. The van der Waals surface area contributed by atoms with E-state index in [1.807, 2.05) is 0 Å². The highest BCUT2D eigenvalue weighted by molar-refractivity contribution is 9.13. The third-order valence-corrected chi connectivity index (χ3v) is 5.60. The molecule has 0 spiro atoms. The average molecular weight is 361 g/mol. The summed E-state index contributed by atoms with van der Waals surface area (Å²) in [6.07, 6.45) is 5.64. The minimum absolute atomic E-state index is 0.639. The molecule has 0 saturated heterocycles. The first-order valence-electron chi connectivity index (χ1n) is 6.34. The van der Waals surface area contributed by atoms with Gasteiger partial charge < -0.3 is 5.32 Å². The molecule has 1 aromatic carbocycles. The fraction of sp³-hybridized carbons (Fsp3) is 0.571. The summed E-state index contributed by atoms with van der Waals surface area (Å²) in [5, 5.41) is 3.65. The van der Waals surface area contributed by atoms with Gasteiger partial charge in [0.05, 0.1) is 0 Å². The minimum atomic E-state index is 0.639. The molecule has 1 aliphatic rings. The Balaban J connectivity index is 1.86. The Bertz CT molecular complexity index is 372. The molecular weight excluding hydrogens is 342 g/mol. The summed E-state index contributed by atoms with van der Waals surface area (Å²) in [5.74, 6) is 0.883. The maximum atomic E-state index is 3.65. The van der Waals surface area contributed by atoms with Gasteiger partial charge in [-0.25, -0.2) is 0 Å². The molecule has 0 radical (unpaired) electrons. The maximum absolute atomic E-state index is 3.65. The number of halogens is 2. The highest BCUT2D eigenvalue weighted by atomic mass is 79.9. The summed E-state index contributed by atoms with van der Waals surface area (Å²) in [5.41, 5.74) is 1.34. The molecule has 1 atom stereocenters. The molecule has 94 valence electrons. The summed E-state index contributed by atoms with van der Waals surface area (Å²) >= 11 is 7.04. The lowest BCUT2D eigenvalue weighted by atomic mass is 9.99. The third kappa shape index (κ3) is 3.80. The van der Waals surface area contributed by atoms with Crippen LogP contribution >= 0.6 is 31.9 Å². The van der Waals surface area contributed by atoms with E-state index in [2.05, 4.69) is 62.3 Å². The molecule has 0 aromatic heterocycles. The number of benzene rings is 1. The molecule has 1 nitrogen and oxygen atoms in total. The Labute approximate surface area is 121 Å². The van der Waals surface area contributed by atoms with Crippen LogP contribution in [0.5, 0.6) is 0 Å². The van der Waals surface area contributed by atoms with Crippen molar-refractivity contribution < 1.29 is 0 Å². The normalized spacial score (nSPS) is 18.5. The van der Waals surface area contributed by atoms with E-state index < -0.39 is 0 Å². The molecule has 17 heavy (non-hydrogen) atoms. The van der Waals surface area contributed by atoms with E-state index >= 15 is 0 Å². The molecule has 0 aliphatic heterocycles. The van der Waals surface area contributed by atoms with Gasteiger partial charge in [0, 0.05) is 21.5 Å². The average Bonchev–Trinajstić information content (AvgIpc) is 2.84. The molecule has 0 amide bonds. The zero-order chi connectivity index (χ0) is 12.3. The molecule has 2 rings (SSSR count). The van der Waals surface area contributed by atoms with E-state index in [4.69, 9.17) is 0 Å². The Kier molecular flexibility index (Phi) is 5.07. The molecule has 1 saturated carbocycles. The van der Waals surface area contributed by atoms with E-state index in [1.165, 1.54) is 31.2 Å². The van der Waals surface area contributed by atoms with Crippen molar-refractivity contribution >= 4 is 31.9 Å². The summed E-state index contributed by atoms with van der Waals surface area (Å²) in [4.78, 5) is 0. The quantitative estimate of drug-likeness (QED) is 0.806. The number of hydrogen-bond acceptors (Lipinski definition) is 1. The van der Waals surface area contributed by atoms with Gasteiger partial charge in [0.2, 0.25) is 0 Å². The van der Waals surface area contributed by atoms with Gasteiger partial charge in [-0.15, -0.1) is 0 Å². The first-order valence-corrected chi connectivity index (χ1v) is 7.92. The molecular formula is C14H19Br2N. The summed E-state index contributed by atoms with van der Waals surface area (Å²) in [6.45, 7) is 3.29. The Morgan fingerprint density at radius 2 is 1.94 bits per heavy atom. The Morgan fingerprint density at radius 1 is 1.24 bits per heavy atom. The molecule has 1 unspecified atom stereocenters. The molecule has 3 heteroatoms. The molecule has 1 N–H and O–H groups in total. The van der Waals surface area contributed by atoms with Crippen LogP contribution in [-0.2, 0) is 6.54 Å². The number of nitrogens with one attached hydrogen (secondary N) is 1. The lowest BCUT2D eigenvalue weighted by Gasteiger charge is -2.20. The van der Waals surface area contributed by atoms with Gasteiger partial charge in [0.15, 0.2) is 0 Å². The van der Waals surface area contributed by atoms with E-state index in [1.54, 1.807) is 0 Å². The van der Waals surface area contributed by atoms with E-state index in [0.29, 0.717) is 6.04 Å². The van der Waals surface area contributed by atoms with Crippen LogP contribution in [0.1, 0.15) is 38.2 Å². The molecule has 0 heterocycles. The van der Waals surface area contributed by atoms with Gasteiger partial charge in [0.1, 0.15) is 0 Å². The maximum Gasteiger partial charge on any atom is 0.0320 e. The lowest BCUT2D eigenvalue weighted by Crippen LogP contribution is -2.31. The topological polar surface area (TPSA) is 12.0 Å². The minimum Gasteiger partial charge on any atom is -0.310 e. The standard InChI is InChI=1S/C14H19Br2N/c1-10(12-4-2-3-5-12)17-9-11-6-7-13(15)14(16)8-11/h6-8,10,12,17H,2-5,9H2,1H3. The first-order chi connectivity index (χ1) is 8.16. The van der Waals surface area contributed by atoms with Crippen LogP contribution in [0, 0.1) is 5.92 Å². The van der Waals surface area contributed by atoms with Crippen molar-refractivity contribution in [1.29, 1.82) is 0 Å². The second-order valence-corrected chi connectivity index (χ2v) is 6.67. The van der Waals surface area contributed by atoms with E-state index in [-0.39, 0.29) is 0 Å². The predicted molar refractivity (Wildman–Crippen MR) is 80.1 cm³/mol. The first kappa shape index (κ1) is 13.6. The second-order valence-electron chi connectivity index (χ2n) is 4.96. The highest BCUT2D eigenvalue weighted by Crippen LogP contribution is 2.28. The van der Waals surface area contributed by atoms with Gasteiger partial charge in [-0.3, -0.25) is 0 Å². The van der Waals surface area contributed by atoms with Crippen LogP contribution in [-0.4, -0.2) is 6.04 Å². The fourth-order valence-electron chi connectivity index (χ4n) is 2.55. The van der Waals surface area contributed by atoms with Crippen LogP contribution in [0.25, 0.3) is 0 Å². The Hall–Kier alpha value is 0.140. The second kappa shape index (κ2) is 6.35. The molecule has 0 bridgehead atoms. The number of rotatable bonds is 4. The van der Waals surface area contributed by atoms with Gasteiger partial charge in [-0.05, 0) is 75.2 Å². The fourth-order valence-corrected chi connectivity index (χ4v) is 3.23. The van der Waals surface area contributed by atoms with Crippen molar-refractivity contribution in [3.63, 3.8) is 0 Å². The van der Waals surface area contributed by atoms with E-state index in [0.717, 1.165) is 21.4 Å². The van der Waals surface area contributed by atoms with Crippen molar-refractivity contribution in [2.75, 3.05) is 0 Å². The Morgan fingerprint density at radius 3 is 2.59 bits per heavy atom. The van der Waals surface area contributed by atoms with Crippen molar-refractivity contribution in [3.8, 4) is 0 Å². The lowest BCUT2D eigenvalue weighted by molar-refractivity contribution is 0.380.